The third-order valence-electron chi connectivity index (χ3n) is 12.7. The normalized spacial score (nSPS) is 11.4. The van der Waals surface area contributed by atoms with Crippen molar-refractivity contribution in [3.63, 3.8) is 0 Å². The number of fused-ring (bicyclic) bond motifs is 4. The zero-order valence-corrected chi connectivity index (χ0v) is 34.2. The third-order valence-corrected chi connectivity index (χ3v) is 12.7. The molecule has 9 aromatic carbocycles. The summed E-state index contributed by atoms with van der Waals surface area (Å²) < 4.78 is 7.15. The fourth-order valence-corrected chi connectivity index (χ4v) is 9.10. The molecule has 0 aliphatic rings. The van der Waals surface area contributed by atoms with Crippen LogP contribution in [0.3, 0.4) is 0 Å². The lowest BCUT2D eigenvalue weighted by molar-refractivity contribution is 0.670. The minimum absolute atomic E-state index is 0.849. The highest BCUT2D eigenvalue weighted by molar-refractivity contribution is 6.68. The topological polar surface area (TPSA) is 16.4 Å². The molecule has 274 valence electrons. The van der Waals surface area contributed by atoms with E-state index < -0.39 is 0 Å². The van der Waals surface area contributed by atoms with Crippen LogP contribution in [0.15, 0.2) is 186 Å². The molecule has 0 bridgehead atoms. The molecule has 10 rings (SSSR count). The van der Waals surface area contributed by atoms with Gasteiger partial charge in [0.1, 0.15) is 44.8 Å². The lowest BCUT2D eigenvalue weighted by Gasteiger charge is -2.27. The summed E-state index contributed by atoms with van der Waals surface area (Å²) in [5.74, 6) is 0. The van der Waals surface area contributed by atoms with Crippen molar-refractivity contribution < 1.29 is 4.42 Å². The van der Waals surface area contributed by atoms with Gasteiger partial charge >= 0.3 is 0 Å². The Morgan fingerprint density at radius 1 is 0.339 bits per heavy atom. The SMILES string of the molecule is Bc1c(B)c(B)c(-c2ccc(N(c3ccc(-c4cccc5ccccc45)cc3)c3cc(-c4ccccc4)cc4c3oc3c(-c5ccccc5)cccc34)cc2)c(B)c1B. The second kappa shape index (κ2) is 14.8. The van der Waals surface area contributed by atoms with E-state index in [-0.39, 0.29) is 0 Å². The van der Waals surface area contributed by atoms with Crippen LogP contribution in [-0.2, 0) is 0 Å². The quantitative estimate of drug-likeness (QED) is 0.182. The van der Waals surface area contributed by atoms with Crippen molar-refractivity contribution in [1.29, 1.82) is 0 Å². The van der Waals surface area contributed by atoms with Crippen molar-refractivity contribution in [3.05, 3.63) is 182 Å². The van der Waals surface area contributed by atoms with Crippen LogP contribution in [0.2, 0.25) is 0 Å². The van der Waals surface area contributed by atoms with E-state index >= 15 is 0 Å². The average molecular weight is 749 g/mol. The number of hydrogen-bond donors (Lipinski definition) is 0. The Balaban J connectivity index is 1.22. The first-order chi connectivity index (χ1) is 28.9. The molecular weight excluding hydrogens is 709 g/mol. The summed E-state index contributed by atoms with van der Waals surface area (Å²) in [5, 5.41) is 4.66. The molecule has 10 aromatic rings. The van der Waals surface area contributed by atoms with E-state index in [1.54, 1.807) is 0 Å². The smallest absolute Gasteiger partial charge is 0.159 e. The van der Waals surface area contributed by atoms with Crippen LogP contribution in [0.25, 0.3) is 77.2 Å². The standard InChI is InChI=1S/C52H40B5NO/c53-46-45(47(54)49(56)50(57)48(46)55)35-23-27-38(28-24-35)58(37-25-21-34(22-26-37)40-18-9-16-32-15-7-8-17-39(32)40)44-30-36(31-11-3-1-4-12-31)29-43-42-20-10-19-41(51(42)59-52(43)44)33-13-5-2-6-14-33/h1-30H,53-57H2. The molecule has 7 heteroatoms. The molecule has 1 aromatic heterocycles. The van der Waals surface area contributed by atoms with Crippen LogP contribution in [0.4, 0.5) is 17.1 Å². The van der Waals surface area contributed by atoms with Gasteiger partial charge in [-0.3, -0.25) is 0 Å². The molecule has 0 unspecified atom stereocenters. The number of rotatable bonds is 7. The predicted molar refractivity (Wildman–Crippen MR) is 269 cm³/mol. The fourth-order valence-electron chi connectivity index (χ4n) is 9.10. The van der Waals surface area contributed by atoms with Gasteiger partial charge in [0, 0.05) is 27.7 Å². The number of hydrogen-bond acceptors (Lipinski definition) is 2. The minimum Gasteiger partial charge on any atom is -0.453 e. The zero-order chi connectivity index (χ0) is 40.2. The Bertz CT molecular complexity index is 3160. The molecule has 0 saturated carbocycles. The van der Waals surface area contributed by atoms with E-state index in [4.69, 9.17) is 4.42 Å². The number of anilines is 3. The monoisotopic (exact) mass is 749 g/mol. The Morgan fingerprint density at radius 2 is 0.847 bits per heavy atom. The summed E-state index contributed by atoms with van der Waals surface area (Å²) in [6.07, 6.45) is 0. The average Bonchev–Trinajstić information content (AvgIpc) is 3.68. The Morgan fingerprint density at radius 3 is 1.53 bits per heavy atom. The molecule has 0 fully saturated rings. The van der Waals surface area contributed by atoms with Gasteiger partial charge in [-0.1, -0.05) is 157 Å². The van der Waals surface area contributed by atoms with E-state index in [1.165, 1.54) is 60.3 Å². The lowest BCUT2D eigenvalue weighted by Crippen LogP contribution is -2.55. The largest absolute Gasteiger partial charge is 0.453 e. The van der Waals surface area contributed by atoms with Crippen LogP contribution >= 0.6 is 0 Å². The minimum atomic E-state index is 0.849. The second-order valence-corrected chi connectivity index (χ2v) is 15.8. The maximum absolute atomic E-state index is 7.15. The maximum Gasteiger partial charge on any atom is 0.159 e. The van der Waals surface area contributed by atoms with E-state index in [0.29, 0.717) is 0 Å². The van der Waals surface area contributed by atoms with Crippen molar-refractivity contribution in [2.75, 3.05) is 4.90 Å². The van der Waals surface area contributed by atoms with Gasteiger partial charge in [0.25, 0.3) is 0 Å². The fraction of sp³-hybridized carbons (Fsp3) is 0. The molecular formula is C52H40B5NO. The van der Waals surface area contributed by atoms with Crippen LogP contribution < -0.4 is 32.2 Å². The van der Waals surface area contributed by atoms with E-state index in [9.17, 15) is 0 Å². The van der Waals surface area contributed by atoms with Crippen LogP contribution in [0.1, 0.15) is 0 Å². The maximum atomic E-state index is 7.15. The number of nitrogens with zero attached hydrogens (tertiary/aromatic N) is 1. The molecule has 0 aliphatic heterocycles. The summed E-state index contributed by atoms with van der Waals surface area (Å²) >= 11 is 0. The van der Waals surface area contributed by atoms with Gasteiger partial charge in [0.15, 0.2) is 5.58 Å². The Kier molecular flexibility index (Phi) is 9.18. The number of para-hydroxylation sites is 1. The molecule has 0 spiro atoms. The predicted octanol–water partition coefficient (Wildman–Crippen LogP) is 6.17. The van der Waals surface area contributed by atoms with Gasteiger partial charge < -0.3 is 9.32 Å². The third kappa shape index (κ3) is 6.30. The van der Waals surface area contributed by atoms with Crippen molar-refractivity contribution >= 4 is 116 Å². The molecule has 59 heavy (non-hydrogen) atoms. The van der Waals surface area contributed by atoms with Crippen molar-refractivity contribution in [2.45, 2.75) is 0 Å². The molecule has 0 radical (unpaired) electrons. The van der Waals surface area contributed by atoms with Crippen LogP contribution in [0, 0.1) is 0 Å². The van der Waals surface area contributed by atoms with Crippen molar-refractivity contribution in [3.8, 4) is 44.5 Å². The highest BCUT2D eigenvalue weighted by Crippen LogP contribution is 2.46. The van der Waals surface area contributed by atoms with Crippen molar-refractivity contribution in [2.24, 2.45) is 0 Å². The molecule has 2 nitrogen and oxygen atoms in total. The number of furan rings is 1. The lowest BCUT2D eigenvalue weighted by atomic mass is 9.60. The summed E-state index contributed by atoms with van der Waals surface area (Å²) in [5.41, 5.74) is 21.0. The first-order valence-electron chi connectivity index (χ1n) is 20.5. The van der Waals surface area contributed by atoms with Gasteiger partial charge in [-0.2, -0.15) is 0 Å². The van der Waals surface area contributed by atoms with Gasteiger partial charge in [0.05, 0.1) is 5.69 Å². The molecule has 0 N–H and O–H groups in total. The summed E-state index contributed by atoms with van der Waals surface area (Å²) in [7, 11) is 11.3. The molecule has 0 saturated heterocycles. The molecule has 0 atom stereocenters. The van der Waals surface area contributed by atoms with Gasteiger partial charge in [0.2, 0.25) is 0 Å². The second-order valence-electron chi connectivity index (χ2n) is 15.8. The van der Waals surface area contributed by atoms with Gasteiger partial charge in [-0.25, -0.2) is 0 Å². The first kappa shape index (κ1) is 36.5. The van der Waals surface area contributed by atoms with Crippen LogP contribution in [-0.4, -0.2) is 39.2 Å². The summed E-state index contributed by atoms with van der Waals surface area (Å²) in [4.78, 5) is 2.38. The van der Waals surface area contributed by atoms with Crippen LogP contribution in [0.5, 0.6) is 0 Å². The molecule has 0 amide bonds. The Labute approximate surface area is 350 Å². The van der Waals surface area contributed by atoms with E-state index in [0.717, 1.165) is 61.3 Å². The highest BCUT2D eigenvalue weighted by atomic mass is 16.3. The van der Waals surface area contributed by atoms with Gasteiger partial charge in [-0.15, -0.1) is 16.4 Å². The van der Waals surface area contributed by atoms with Crippen molar-refractivity contribution in [1.82, 2.24) is 0 Å². The number of benzene rings is 9. The highest BCUT2D eigenvalue weighted by Gasteiger charge is 2.23. The van der Waals surface area contributed by atoms with E-state index in [1.807, 2.05) is 0 Å². The molecule has 0 aliphatic carbocycles. The first-order valence-corrected chi connectivity index (χ1v) is 20.5. The Hall–Kier alpha value is -6.84. The summed E-state index contributed by atoms with van der Waals surface area (Å²) in [6.45, 7) is 0. The zero-order valence-electron chi connectivity index (χ0n) is 34.2. The van der Waals surface area contributed by atoms with E-state index in [2.05, 4.69) is 226 Å². The van der Waals surface area contributed by atoms with Gasteiger partial charge in [-0.05, 0) is 86.1 Å². The summed E-state index contributed by atoms with van der Waals surface area (Å²) in [6, 6.07) is 65.7. The molecule has 1 heterocycles.